The number of likely N-dealkylation sites (tertiary alicyclic amines) is 1. The minimum Gasteiger partial charge on any atom is -0.349 e. The molecule has 1 heterocycles. The van der Waals surface area contributed by atoms with Crippen molar-refractivity contribution in [2.45, 2.75) is 70.8 Å². The van der Waals surface area contributed by atoms with Crippen molar-refractivity contribution in [1.29, 1.82) is 0 Å². The number of rotatable bonds is 9. The van der Waals surface area contributed by atoms with E-state index in [1.165, 1.54) is 32.1 Å². The van der Waals surface area contributed by atoms with Gasteiger partial charge in [-0.15, -0.1) is 0 Å². The topological polar surface area (TPSA) is 49.4 Å². The van der Waals surface area contributed by atoms with E-state index in [9.17, 15) is 9.59 Å². The highest BCUT2D eigenvalue weighted by Crippen LogP contribution is 2.15. The van der Waals surface area contributed by atoms with Gasteiger partial charge in [-0.1, -0.05) is 39.0 Å². The summed E-state index contributed by atoms with van der Waals surface area (Å²) in [4.78, 5) is 26.9. The Morgan fingerprint density at radius 3 is 2.58 bits per heavy atom. The average molecular weight is 470 g/mol. The Labute approximate surface area is 171 Å². The summed E-state index contributed by atoms with van der Waals surface area (Å²) < 4.78 is 1.11. The predicted molar refractivity (Wildman–Crippen MR) is 114 cm³/mol. The Hall–Kier alpha value is -1.11. The molecule has 1 aliphatic rings. The maximum Gasteiger partial charge on any atom is 0.251 e. The fourth-order valence-electron chi connectivity index (χ4n) is 3.41. The van der Waals surface area contributed by atoms with E-state index in [1.807, 2.05) is 29.2 Å². The Bertz CT molecular complexity index is 574. The van der Waals surface area contributed by atoms with E-state index in [2.05, 4.69) is 34.8 Å². The van der Waals surface area contributed by atoms with E-state index < -0.39 is 0 Å². The second-order valence-electron chi connectivity index (χ2n) is 7.17. The second kappa shape index (κ2) is 11.6. The third kappa shape index (κ3) is 7.25. The number of nitrogens with zero attached hydrogens (tertiary/aromatic N) is 1. The van der Waals surface area contributed by atoms with E-state index in [4.69, 9.17) is 0 Å². The lowest BCUT2D eigenvalue weighted by atomic mass is 10.1. The van der Waals surface area contributed by atoms with Crippen molar-refractivity contribution in [1.82, 2.24) is 10.2 Å². The molecular formula is C21H31IN2O2. The molecule has 0 saturated carbocycles. The molecule has 4 nitrogen and oxygen atoms in total. The summed E-state index contributed by atoms with van der Waals surface area (Å²) in [7, 11) is 0. The molecule has 1 aromatic rings. The molecule has 2 rings (SSSR count). The van der Waals surface area contributed by atoms with Gasteiger partial charge in [-0.3, -0.25) is 9.59 Å². The van der Waals surface area contributed by atoms with E-state index in [1.54, 1.807) is 0 Å². The van der Waals surface area contributed by atoms with Crippen LogP contribution in [0.2, 0.25) is 0 Å². The van der Waals surface area contributed by atoms with Crippen LogP contribution in [0.4, 0.5) is 0 Å². The first-order valence-corrected chi connectivity index (χ1v) is 11.0. The van der Waals surface area contributed by atoms with E-state index in [0.29, 0.717) is 12.0 Å². The molecule has 1 N–H and O–H groups in total. The van der Waals surface area contributed by atoms with Crippen molar-refractivity contribution < 1.29 is 9.59 Å². The molecule has 0 spiro atoms. The largest absolute Gasteiger partial charge is 0.349 e. The first kappa shape index (κ1) is 21.2. The van der Waals surface area contributed by atoms with Crippen molar-refractivity contribution in [2.75, 3.05) is 13.1 Å². The van der Waals surface area contributed by atoms with Gasteiger partial charge in [0.25, 0.3) is 5.91 Å². The van der Waals surface area contributed by atoms with Crippen LogP contribution in [-0.4, -0.2) is 35.8 Å². The van der Waals surface area contributed by atoms with E-state index >= 15 is 0 Å². The minimum absolute atomic E-state index is 0.0520. The molecule has 5 heteroatoms. The molecule has 2 amide bonds. The van der Waals surface area contributed by atoms with Crippen LogP contribution in [0.5, 0.6) is 0 Å². The highest BCUT2D eigenvalue weighted by atomic mass is 127. The molecule has 1 aromatic carbocycles. The normalized spacial score (nSPS) is 17.8. The van der Waals surface area contributed by atoms with Gasteiger partial charge in [0.05, 0.1) is 0 Å². The van der Waals surface area contributed by atoms with Crippen LogP contribution in [-0.2, 0) is 4.79 Å². The number of halogens is 1. The highest BCUT2D eigenvalue weighted by Gasteiger charge is 2.24. The van der Waals surface area contributed by atoms with Gasteiger partial charge >= 0.3 is 0 Å². The highest BCUT2D eigenvalue weighted by molar-refractivity contribution is 14.1. The average Bonchev–Trinajstić information content (AvgIpc) is 2.79. The van der Waals surface area contributed by atoms with Gasteiger partial charge in [0.15, 0.2) is 0 Å². The Kier molecular flexibility index (Phi) is 9.43. The molecule has 1 saturated heterocycles. The summed E-state index contributed by atoms with van der Waals surface area (Å²) in [6.45, 7) is 3.91. The van der Waals surface area contributed by atoms with Gasteiger partial charge in [-0.25, -0.2) is 0 Å². The maximum atomic E-state index is 12.5. The monoisotopic (exact) mass is 470 g/mol. The van der Waals surface area contributed by atoms with Gasteiger partial charge in [-0.2, -0.15) is 0 Å². The minimum atomic E-state index is -0.0800. The third-order valence-corrected chi connectivity index (χ3v) is 5.70. The van der Waals surface area contributed by atoms with Crippen LogP contribution in [0.25, 0.3) is 0 Å². The van der Waals surface area contributed by atoms with Crippen molar-refractivity contribution in [2.24, 2.45) is 0 Å². The number of hydrogen-bond acceptors (Lipinski definition) is 2. The Morgan fingerprint density at radius 1 is 1.15 bits per heavy atom. The zero-order chi connectivity index (χ0) is 18.8. The number of carbonyl (C=O) groups is 2. The number of nitrogens with one attached hydrogen (secondary N) is 1. The number of carbonyl (C=O) groups excluding carboxylic acids is 2. The van der Waals surface area contributed by atoms with Crippen LogP contribution in [0.1, 0.15) is 75.1 Å². The van der Waals surface area contributed by atoms with Crippen molar-refractivity contribution >= 4 is 34.4 Å². The summed E-state index contributed by atoms with van der Waals surface area (Å²) in [5, 5.41) is 3.05. The summed E-state index contributed by atoms with van der Waals surface area (Å²) in [5.74, 6) is 0.104. The van der Waals surface area contributed by atoms with Crippen LogP contribution in [0, 0.1) is 3.57 Å². The molecule has 0 unspecified atom stereocenters. The molecule has 26 heavy (non-hydrogen) atoms. The standard InChI is InChI=1S/C21H31IN2O2/c1-2-3-4-5-6-7-14-24-15-8-9-19(16-20(24)25)23-21(26)17-10-12-18(22)13-11-17/h10-13,19H,2-9,14-16H2,1H3,(H,23,26)/t19-/m0/s1. The van der Waals surface area contributed by atoms with Gasteiger partial charge in [0.2, 0.25) is 5.91 Å². The van der Waals surface area contributed by atoms with Crippen molar-refractivity contribution in [3.63, 3.8) is 0 Å². The van der Waals surface area contributed by atoms with E-state index in [-0.39, 0.29) is 17.9 Å². The molecule has 0 bridgehead atoms. The number of benzene rings is 1. The zero-order valence-electron chi connectivity index (χ0n) is 15.8. The third-order valence-electron chi connectivity index (χ3n) is 4.98. The maximum absolute atomic E-state index is 12.5. The van der Waals surface area contributed by atoms with Crippen LogP contribution in [0.3, 0.4) is 0 Å². The summed E-state index contributed by atoms with van der Waals surface area (Å²) in [6.07, 6.45) is 9.69. The molecule has 0 aromatic heterocycles. The SMILES string of the molecule is CCCCCCCCN1CCC[C@H](NC(=O)c2ccc(I)cc2)CC1=O. The predicted octanol–water partition coefficient (Wildman–Crippen LogP) is 4.76. The van der Waals surface area contributed by atoms with Crippen LogP contribution >= 0.6 is 22.6 Å². The van der Waals surface area contributed by atoms with Crippen LogP contribution < -0.4 is 5.32 Å². The zero-order valence-corrected chi connectivity index (χ0v) is 18.0. The van der Waals surface area contributed by atoms with Gasteiger partial charge < -0.3 is 10.2 Å². The van der Waals surface area contributed by atoms with Gasteiger partial charge in [0.1, 0.15) is 0 Å². The molecule has 0 radical (unpaired) electrons. The molecular weight excluding hydrogens is 439 g/mol. The first-order valence-electron chi connectivity index (χ1n) is 9.94. The number of hydrogen-bond donors (Lipinski definition) is 1. The van der Waals surface area contributed by atoms with Gasteiger partial charge in [0, 0.05) is 34.7 Å². The van der Waals surface area contributed by atoms with Crippen molar-refractivity contribution in [3.8, 4) is 0 Å². The lowest BCUT2D eigenvalue weighted by Gasteiger charge is -2.21. The quantitative estimate of drug-likeness (QED) is 0.418. The Morgan fingerprint density at radius 2 is 1.85 bits per heavy atom. The summed E-state index contributed by atoms with van der Waals surface area (Å²) >= 11 is 2.22. The molecule has 1 aliphatic heterocycles. The molecule has 1 fully saturated rings. The smallest absolute Gasteiger partial charge is 0.251 e. The van der Waals surface area contributed by atoms with E-state index in [0.717, 1.165) is 35.9 Å². The summed E-state index contributed by atoms with van der Waals surface area (Å²) in [6, 6.07) is 7.47. The fraction of sp³-hybridized carbons (Fsp3) is 0.619. The first-order chi connectivity index (χ1) is 12.6. The van der Waals surface area contributed by atoms with Gasteiger partial charge in [-0.05, 0) is 66.1 Å². The lowest BCUT2D eigenvalue weighted by Crippen LogP contribution is -2.38. The van der Waals surface area contributed by atoms with Crippen molar-refractivity contribution in [3.05, 3.63) is 33.4 Å². The number of amides is 2. The second-order valence-corrected chi connectivity index (χ2v) is 8.42. The molecule has 1 atom stereocenters. The lowest BCUT2D eigenvalue weighted by molar-refractivity contribution is -0.131. The fourth-order valence-corrected chi connectivity index (χ4v) is 3.77. The number of unbranched alkanes of at least 4 members (excludes halogenated alkanes) is 5. The molecule has 0 aliphatic carbocycles. The molecule has 144 valence electrons. The Balaban J connectivity index is 1.75. The van der Waals surface area contributed by atoms with Crippen LogP contribution in [0.15, 0.2) is 24.3 Å². The summed E-state index contributed by atoms with van der Waals surface area (Å²) in [5.41, 5.74) is 0.658.